The van der Waals surface area contributed by atoms with Crippen molar-refractivity contribution in [2.75, 3.05) is 13.2 Å². The summed E-state index contributed by atoms with van der Waals surface area (Å²) in [5.74, 6) is 5.14. The van der Waals surface area contributed by atoms with Crippen LogP contribution in [0.15, 0.2) is 0 Å². The predicted molar refractivity (Wildman–Crippen MR) is 35.6 cm³/mol. The maximum atomic E-state index is 8.87. The van der Waals surface area contributed by atoms with Crippen LogP contribution in [0.3, 0.4) is 0 Å². The van der Waals surface area contributed by atoms with E-state index in [2.05, 4.69) is 5.43 Å². The Bertz CT molecular complexity index is 85.5. The molecule has 0 amide bonds. The summed E-state index contributed by atoms with van der Waals surface area (Å²) in [6.07, 6.45) is 3.48. The Hall–Kier alpha value is -0.120. The highest BCUT2D eigenvalue weighted by Crippen LogP contribution is 2.39. The first-order valence-electron chi connectivity index (χ1n) is 3.37. The molecule has 0 bridgehead atoms. The van der Waals surface area contributed by atoms with Crippen molar-refractivity contribution in [3.63, 3.8) is 0 Å². The van der Waals surface area contributed by atoms with Gasteiger partial charge in [-0.3, -0.25) is 11.3 Å². The van der Waals surface area contributed by atoms with Crippen molar-refractivity contribution in [2.24, 2.45) is 11.3 Å². The van der Waals surface area contributed by atoms with E-state index >= 15 is 0 Å². The van der Waals surface area contributed by atoms with Crippen LogP contribution in [0.5, 0.6) is 0 Å². The zero-order chi connectivity index (χ0) is 6.74. The third kappa shape index (κ3) is 1.23. The molecule has 0 heterocycles. The van der Waals surface area contributed by atoms with Gasteiger partial charge in [-0.1, -0.05) is 6.42 Å². The topological polar surface area (TPSA) is 58.3 Å². The van der Waals surface area contributed by atoms with Gasteiger partial charge in [0.2, 0.25) is 0 Å². The Balaban J connectivity index is 2.28. The highest BCUT2D eigenvalue weighted by atomic mass is 16.3. The summed E-state index contributed by atoms with van der Waals surface area (Å²) in [6, 6.07) is 0. The zero-order valence-corrected chi connectivity index (χ0v) is 5.56. The van der Waals surface area contributed by atoms with Gasteiger partial charge in [0.15, 0.2) is 0 Å². The quantitative estimate of drug-likeness (QED) is 0.360. The SMILES string of the molecule is NNCC1(CO)CCC1. The molecule has 1 saturated carbocycles. The van der Waals surface area contributed by atoms with E-state index in [9.17, 15) is 0 Å². The molecule has 0 unspecified atom stereocenters. The number of hydrogen-bond acceptors (Lipinski definition) is 3. The van der Waals surface area contributed by atoms with Crippen LogP contribution in [-0.2, 0) is 0 Å². The molecule has 0 aromatic heterocycles. The Morgan fingerprint density at radius 2 is 2.22 bits per heavy atom. The Morgan fingerprint density at radius 3 is 2.33 bits per heavy atom. The van der Waals surface area contributed by atoms with E-state index in [0.29, 0.717) is 0 Å². The summed E-state index contributed by atoms with van der Waals surface area (Å²) in [5, 5.41) is 8.87. The number of nitrogens with two attached hydrogens (primary N) is 1. The number of hydrazine groups is 1. The molecule has 3 nitrogen and oxygen atoms in total. The minimum Gasteiger partial charge on any atom is -0.396 e. The van der Waals surface area contributed by atoms with Gasteiger partial charge in [-0.15, -0.1) is 0 Å². The van der Waals surface area contributed by atoms with Crippen LogP contribution in [0, 0.1) is 5.41 Å². The smallest absolute Gasteiger partial charge is 0.0500 e. The Kier molecular flexibility index (Phi) is 2.05. The summed E-state index contributed by atoms with van der Waals surface area (Å²) in [5.41, 5.74) is 2.74. The van der Waals surface area contributed by atoms with Crippen LogP contribution in [0.1, 0.15) is 19.3 Å². The van der Waals surface area contributed by atoms with Crippen molar-refractivity contribution in [3.8, 4) is 0 Å². The van der Waals surface area contributed by atoms with E-state index in [1.165, 1.54) is 6.42 Å². The van der Waals surface area contributed by atoms with Crippen molar-refractivity contribution in [2.45, 2.75) is 19.3 Å². The monoisotopic (exact) mass is 130 g/mol. The molecule has 1 rings (SSSR count). The van der Waals surface area contributed by atoms with E-state index in [4.69, 9.17) is 10.9 Å². The third-order valence-corrected chi connectivity index (χ3v) is 2.23. The summed E-state index contributed by atoms with van der Waals surface area (Å²) in [4.78, 5) is 0. The molecule has 0 aliphatic heterocycles. The number of rotatable bonds is 3. The normalized spacial score (nSPS) is 23.3. The maximum Gasteiger partial charge on any atom is 0.0500 e. The summed E-state index contributed by atoms with van der Waals surface area (Å²) in [7, 11) is 0. The van der Waals surface area contributed by atoms with Crippen LogP contribution in [0.25, 0.3) is 0 Å². The van der Waals surface area contributed by atoms with Crippen LogP contribution < -0.4 is 11.3 Å². The Labute approximate surface area is 55.2 Å². The third-order valence-electron chi connectivity index (χ3n) is 2.23. The minimum atomic E-state index is 0.134. The lowest BCUT2D eigenvalue weighted by Crippen LogP contribution is -2.44. The molecular formula is C6H14N2O. The van der Waals surface area contributed by atoms with E-state index in [1.807, 2.05) is 0 Å². The molecule has 54 valence electrons. The average Bonchev–Trinajstić information content (AvgIpc) is 1.79. The average molecular weight is 130 g/mol. The fourth-order valence-electron chi connectivity index (χ4n) is 1.28. The maximum absolute atomic E-state index is 8.87. The second-order valence-electron chi connectivity index (χ2n) is 2.89. The fourth-order valence-corrected chi connectivity index (χ4v) is 1.28. The standard InChI is InChI=1S/C6H14N2O/c7-8-4-6(5-9)2-1-3-6/h8-9H,1-5,7H2. The van der Waals surface area contributed by atoms with E-state index in [-0.39, 0.29) is 12.0 Å². The van der Waals surface area contributed by atoms with Crippen molar-refractivity contribution < 1.29 is 5.11 Å². The van der Waals surface area contributed by atoms with Gasteiger partial charge in [0.1, 0.15) is 0 Å². The molecule has 0 spiro atoms. The van der Waals surface area contributed by atoms with E-state index in [1.54, 1.807) is 0 Å². The molecule has 0 aromatic rings. The number of aliphatic hydroxyl groups is 1. The molecule has 3 heteroatoms. The number of nitrogens with one attached hydrogen (secondary N) is 1. The molecule has 0 atom stereocenters. The zero-order valence-electron chi connectivity index (χ0n) is 5.56. The van der Waals surface area contributed by atoms with Crippen LogP contribution in [0.2, 0.25) is 0 Å². The molecule has 0 saturated heterocycles. The summed E-state index contributed by atoms with van der Waals surface area (Å²) >= 11 is 0. The van der Waals surface area contributed by atoms with Crippen LogP contribution in [-0.4, -0.2) is 18.3 Å². The predicted octanol–water partition coefficient (Wildman–Crippen LogP) is -0.388. The van der Waals surface area contributed by atoms with Gasteiger partial charge >= 0.3 is 0 Å². The molecule has 0 aromatic carbocycles. The van der Waals surface area contributed by atoms with Gasteiger partial charge in [0.25, 0.3) is 0 Å². The molecular weight excluding hydrogens is 116 g/mol. The molecule has 1 fully saturated rings. The molecule has 9 heavy (non-hydrogen) atoms. The fraction of sp³-hybridized carbons (Fsp3) is 1.00. The summed E-state index contributed by atoms with van der Waals surface area (Å²) < 4.78 is 0. The van der Waals surface area contributed by atoms with Gasteiger partial charge in [-0.05, 0) is 12.8 Å². The summed E-state index contributed by atoms with van der Waals surface area (Å²) in [6.45, 7) is 1.03. The molecule has 1 aliphatic carbocycles. The highest BCUT2D eigenvalue weighted by Gasteiger charge is 2.35. The number of hydrogen-bond donors (Lipinski definition) is 3. The minimum absolute atomic E-state index is 0.134. The molecule has 0 radical (unpaired) electrons. The van der Waals surface area contributed by atoms with E-state index in [0.717, 1.165) is 19.4 Å². The molecule has 4 N–H and O–H groups in total. The van der Waals surface area contributed by atoms with Gasteiger partial charge in [-0.2, -0.15) is 0 Å². The van der Waals surface area contributed by atoms with E-state index < -0.39 is 0 Å². The van der Waals surface area contributed by atoms with Crippen LogP contribution >= 0.6 is 0 Å². The lowest BCUT2D eigenvalue weighted by Gasteiger charge is -2.39. The highest BCUT2D eigenvalue weighted by molar-refractivity contribution is 4.88. The first-order valence-corrected chi connectivity index (χ1v) is 3.37. The van der Waals surface area contributed by atoms with Gasteiger partial charge in [-0.25, -0.2) is 0 Å². The molecule has 1 aliphatic rings. The number of aliphatic hydroxyl groups excluding tert-OH is 1. The van der Waals surface area contributed by atoms with Gasteiger partial charge in [0, 0.05) is 18.6 Å². The van der Waals surface area contributed by atoms with Gasteiger partial charge < -0.3 is 5.11 Å². The van der Waals surface area contributed by atoms with Crippen LogP contribution in [0.4, 0.5) is 0 Å². The Morgan fingerprint density at radius 1 is 1.56 bits per heavy atom. The second kappa shape index (κ2) is 2.64. The van der Waals surface area contributed by atoms with Crippen molar-refractivity contribution >= 4 is 0 Å². The lowest BCUT2D eigenvalue weighted by molar-refractivity contribution is 0.0450. The lowest BCUT2D eigenvalue weighted by atomic mass is 9.69. The van der Waals surface area contributed by atoms with Crippen molar-refractivity contribution in [1.29, 1.82) is 0 Å². The first kappa shape index (κ1) is 6.99. The van der Waals surface area contributed by atoms with Gasteiger partial charge in [0.05, 0.1) is 0 Å². The second-order valence-corrected chi connectivity index (χ2v) is 2.89. The first-order chi connectivity index (χ1) is 4.33. The van der Waals surface area contributed by atoms with Crippen molar-refractivity contribution in [3.05, 3.63) is 0 Å². The van der Waals surface area contributed by atoms with Crippen molar-refractivity contribution in [1.82, 2.24) is 5.43 Å². The largest absolute Gasteiger partial charge is 0.396 e.